The topological polar surface area (TPSA) is 53.0 Å². The number of hydrogen-bond acceptors (Lipinski definition) is 3. The first-order valence-corrected chi connectivity index (χ1v) is 9.96. The molecular formula is C23H16Cl2N3O2. The SMILES string of the molecule is [CH2]c1nc(-c2ccc3c(c2)c2cc(-c4ccc(Cl)cc4Cl)c(=O)n(C)c2n3C)co1. The molecular weight excluding hydrogens is 421 g/mol. The molecule has 0 atom stereocenters. The highest BCUT2D eigenvalue weighted by Crippen LogP contribution is 2.35. The Morgan fingerprint density at radius 3 is 2.47 bits per heavy atom. The van der Waals surface area contributed by atoms with Crippen LogP contribution >= 0.6 is 23.2 Å². The zero-order chi connectivity index (χ0) is 21.2. The molecule has 30 heavy (non-hydrogen) atoms. The lowest BCUT2D eigenvalue weighted by atomic mass is 10.0. The zero-order valence-electron chi connectivity index (χ0n) is 16.2. The van der Waals surface area contributed by atoms with Crippen molar-refractivity contribution < 1.29 is 4.42 Å². The van der Waals surface area contributed by atoms with Gasteiger partial charge in [0.05, 0.1) is 10.5 Å². The Hall–Kier alpha value is -3.02. The van der Waals surface area contributed by atoms with Gasteiger partial charge in [-0.1, -0.05) is 35.3 Å². The molecule has 2 aromatic carbocycles. The third-order valence-corrected chi connectivity index (χ3v) is 5.96. The van der Waals surface area contributed by atoms with E-state index in [1.165, 1.54) is 0 Å². The summed E-state index contributed by atoms with van der Waals surface area (Å²) in [6, 6.07) is 13.1. The molecule has 0 unspecified atom stereocenters. The second kappa shape index (κ2) is 6.76. The largest absolute Gasteiger partial charge is 0.448 e. The van der Waals surface area contributed by atoms with Crippen LogP contribution in [-0.2, 0) is 14.1 Å². The number of pyridine rings is 1. The molecule has 3 heterocycles. The summed E-state index contributed by atoms with van der Waals surface area (Å²) >= 11 is 12.4. The van der Waals surface area contributed by atoms with E-state index in [2.05, 4.69) is 11.9 Å². The van der Waals surface area contributed by atoms with Crippen LogP contribution in [0.1, 0.15) is 5.89 Å². The summed E-state index contributed by atoms with van der Waals surface area (Å²) in [6.45, 7) is 3.72. The lowest BCUT2D eigenvalue weighted by Gasteiger charge is -2.09. The van der Waals surface area contributed by atoms with Crippen LogP contribution in [0.2, 0.25) is 10.0 Å². The number of aryl methyl sites for hydroxylation is 2. The van der Waals surface area contributed by atoms with Gasteiger partial charge in [-0.15, -0.1) is 0 Å². The number of benzene rings is 2. The Bertz CT molecular complexity index is 1530. The van der Waals surface area contributed by atoms with Gasteiger partial charge in [-0.2, -0.15) is 0 Å². The van der Waals surface area contributed by atoms with Gasteiger partial charge in [0.15, 0.2) is 5.89 Å². The fourth-order valence-corrected chi connectivity index (χ4v) is 4.50. The normalized spacial score (nSPS) is 11.6. The zero-order valence-corrected chi connectivity index (χ0v) is 17.8. The molecule has 0 spiro atoms. The van der Waals surface area contributed by atoms with Crippen LogP contribution in [0.5, 0.6) is 0 Å². The van der Waals surface area contributed by atoms with E-state index < -0.39 is 0 Å². The highest BCUT2D eigenvalue weighted by Gasteiger charge is 2.18. The maximum atomic E-state index is 13.2. The van der Waals surface area contributed by atoms with Crippen molar-refractivity contribution in [2.45, 2.75) is 0 Å². The molecule has 0 aliphatic rings. The van der Waals surface area contributed by atoms with Gasteiger partial charge in [0.2, 0.25) is 0 Å². The molecule has 0 N–H and O–H groups in total. The molecule has 5 nitrogen and oxygen atoms in total. The summed E-state index contributed by atoms with van der Waals surface area (Å²) in [5.41, 5.74) is 4.48. The molecule has 0 saturated carbocycles. The molecule has 0 bridgehead atoms. The molecule has 5 aromatic rings. The van der Waals surface area contributed by atoms with E-state index in [1.807, 2.05) is 35.9 Å². The minimum absolute atomic E-state index is 0.129. The maximum Gasteiger partial charge on any atom is 0.259 e. The van der Waals surface area contributed by atoms with Gasteiger partial charge in [0, 0.05) is 53.5 Å². The predicted molar refractivity (Wildman–Crippen MR) is 121 cm³/mol. The average molecular weight is 437 g/mol. The molecule has 7 heteroatoms. The first-order chi connectivity index (χ1) is 14.3. The summed E-state index contributed by atoms with van der Waals surface area (Å²) in [6.07, 6.45) is 1.59. The van der Waals surface area contributed by atoms with Crippen molar-refractivity contribution in [2.75, 3.05) is 0 Å². The van der Waals surface area contributed by atoms with Crippen LogP contribution in [-0.4, -0.2) is 14.1 Å². The Labute approximate surface area is 182 Å². The van der Waals surface area contributed by atoms with Crippen molar-refractivity contribution in [3.63, 3.8) is 0 Å². The number of aromatic nitrogens is 3. The summed E-state index contributed by atoms with van der Waals surface area (Å²) in [5.74, 6) is 0.366. The van der Waals surface area contributed by atoms with Crippen molar-refractivity contribution >= 4 is 45.1 Å². The molecule has 0 aliphatic carbocycles. The Kier molecular flexibility index (Phi) is 4.27. The Balaban J connectivity index is 1.85. The summed E-state index contributed by atoms with van der Waals surface area (Å²) in [4.78, 5) is 17.5. The average Bonchev–Trinajstić information content (AvgIpc) is 3.26. The quantitative estimate of drug-likeness (QED) is 0.349. The van der Waals surface area contributed by atoms with Gasteiger partial charge < -0.3 is 8.98 Å². The van der Waals surface area contributed by atoms with Gasteiger partial charge in [0.1, 0.15) is 17.6 Å². The summed E-state index contributed by atoms with van der Waals surface area (Å²) in [5, 5.41) is 2.90. The van der Waals surface area contributed by atoms with Gasteiger partial charge in [-0.25, -0.2) is 4.98 Å². The smallest absolute Gasteiger partial charge is 0.259 e. The van der Waals surface area contributed by atoms with E-state index >= 15 is 0 Å². The lowest BCUT2D eigenvalue weighted by molar-refractivity contribution is 0.537. The minimum atomic E-state index is -0.129. The first-order valence-electron chi connectivity index (χ1n) is 9.20. The lowest BCUT2D eigenvalue weighted by Crippen LogP contribution is -2.20. The minimum Gasteiger partial charge on any atom is -0.448 e. The number of hydrogen-bond donors (Lipinski definition) is 0. The van der Waals surface area contributed by atoms with Gasteiger partial charge in [-0.3, -0.25) is 9.36 Å². The fourth-order valence-electron chi connectivity index (χ4n) is 3.99. The maximum absolute atomic E-state index is 13.2. The van der Waals surface area contributed by atoms with Crippen LogP contribution < -0.4 is 5.56 Å². The van der Waals surface area contributed by atoms with E-state index in [0.29, 0.717) is 32.8 Å². The van der Waals surface area contributed by atoms with E-state index in [9.17, 15) is 4.79 Å². The highest BCUT2D eigenvalue weighted by molar-refractivity contribution is 6.36. The van der Waals surface area contributed by atoms with Crippen LogP contribution in [0.15, 0.2) is 57.9 Å². The van der Waals surface area contributed by atoms with Gasteiger partial charge in [-0.05, 0) is 30.3 Å². The van der Waals surface area contributed by atoms with E-state index in [0.717, 1.165) is 27.5 Å². The van der Waals surface area contributed by atoms with Crippen LogP contribution in [0, 0.1) is 6.92 Å². The first kappa shape index (κ1) is 19.0. The Morgan fingerprint density at radius 1 is 0.967 bits per heavy atom. The highest BCUT2D eigenvalue weighted by atomic mass is 35.5. The molecule has 1 radical (unpaired) electrons. The van der Waals surface area contributed by atoms with Gasteiger partial charge >= 0.3 is 0 Å². The van der Waals surface area contributed by atoms with Crippen LogP contribution in [0.25, 0.3) is 44.3 Å². The molecule has 149 valence electrons. The standard InChI is InChI=1S/C23H16Cl2N3O2/c1-12-26-20(11-30-12)13-4-7-21-16(8-13)17-10-18(15-6-5-14(24)9-19(15)25)23(29)28(3)22(17)27(21)2/h4-11H,1H2,2-3H3. The summed E-state index contributed by atoms with van der Waals surface area (Å²) < 4.78 is 8.92. The molecule has 0 amide bonds. The van der Waals surface area contributed by atoms with Crippen LogP contribution in [0.3, 0.4) is 0 Å². The second-order valence-corrected chi connectivity index (χ2v) is 8.04. The van der Waals surface area contributed by atoms with E-state index in [1.54, 1.807) is 36.1 Å². The molecule has 0 saturated heterocycles. The number of halogens is 2. The second-order valence-electron chi connectivity index (χ2n) is 7.20. The summed E-state index contributed by atoms with van der Waals surface area (Å²) in [7, 11) is 3.72. The van der Waals surface area contributed by atoms with Crippen LogP contribution in [0.4, 0.5) is 0 Å². The van der Waals surface area contributed by atoms with Crippen molar-refractivity contribution in [3.8, 4) is 22.4 Å². The van der Waals surface area contributed by atoms with Crippen molar-refractivity contribution in [2.24, 2.45) is 14.1 Å². The van der Waals surface area contributed by atoms with Crippen molar-refractivity contribution in [1.29, 1.82) is 0 Å². The number of fused-ring (bicyclic) bond motifs is 3. The van der Waals surface area contributed by atoms with E-state index in [-0.39, 0.29) is 5.56 Å². The molecule has 0 fully saturated rings. The third-order valence-electron chi connectivity index (χ3n) is 5.42. The van der Waals surface area contributed by atoms with Crippen molar-refractivity contribution in [1.82, 2.24) is 14.1 Å². The fraction of sp³-hybridized carbons (Fsp3) is 0.0870. The van der Waals surface area contributed by atoms with Crippen molar-refractivity contribution in [3.05, 3.63) is 81.9 Å². The predicted octanol–water partition coefficient (Wildman–Crippen LogP) is 5.84. The Morgan fingerprint density at radius 2 is 1.77 bits per heavy atom. The number of nitrogens with zero attached hydrogens (tertiary/aromatic N) is 3. The number of rotatable bonds is 2. The van der Waals surface area contributed by atoms with Gasteiger partial charge in [0.25, 0.3) is 5.56 Å². The number of oxazole rings is 1. The molecule has 3 aromatic heterocycles. The molecule has 5 rings (SSSR count). The third kappa shape index (κ3) is 2.77. The monoisotopic (exact) mass is 436 g/mol. The van der Waals surface area contributed by atoms with E-state index in [4.69, 9.17) is 27.6 Å². The molecule has 0 aliphatic heterocycles.